The van der Waals surface area contributed by atoms with Gasteiger partial charge < -0.3 is 10.2 Å². The van der Waals surface area contributed by atoms with Gasteiger partial charge in [0.15, 0.2) is 0 Å². The van der Waals surface area contributed by atoms with Gasteiger partial charge in [0.1, 0.15) is 0 Å². The van der Waals surface area contributed by atoms with E-state index in [1.54, 1.807) is 11.3 Å². The smallest absolute Gasteiger partial charge is 0.226 e. The molecule has 1 amide bonds. The van der Waals surface area contributed by atoms with Crippen molar-refractivity contribution in [3.63, 3.8) is 0 Å². The molecule has 0 bridgehead atoms. The molecular formula is C16H22Cl2N2OS. The Balaban J connectivity index is 0.00000176. The average molecular weight is 361 g/mol. The van der Waals surface area contributed by atoms with Gasteiger partial charge in [-0.3, -0.25) is 4.79 Å². The highest BCUT2D eigenvalue weighted by molar-refractivity contribution is 7.16. The fourth-order valence-corrected chi connectivity index (χ4v) is 4.51. The van der Waals surface area contributed by atoms with Gasteiger partial charge in [-0.1, -0.05) is 17.7 Å². The Labute approximate surface area is 147 Å². The normalized spacial score (nSPS) is 22.0. The molecule has 3 rings (SSSR count). The van der Waals surface area contributed by atoms with Gasteiger partial charge in [0.05, 0.1) is 10.9 Å². The van der Waals surface area contributed by atoms with Gasteiger partial charge in [0.25, 0.3) is 0 Å². The van der Waals surface area contributed by atoms with Gasteiger partial charge in [0.2, 0.25) is 5.91 Å². The van der Waals surface area contributed by atoms with E-state index in [9.17, 15) is 4.79 Å². The van der Waals surface area contributed by atoms with Crippen LogP contribution >= 0.6 is 35.3 Å². The maximum absolute atomic E-state index is 12.8. The molecule has 1 aromatic rings. The predicted octanol–water partition coefficient (Wildman–Crippen LogP) is 3.73. The molecule has 2 aliphatic rings. The molecular weight excluding hydrogens is 339 g/mol. The average Bonchev–Trinajstić information content (AvgIpc) is 3.00. The van der Waals surface area contributed by atoms with Crippen molar-refractivity contribution in [2.75, 3.05) is 19.6 Å². The molecule has 2 heterocycles. The lowest BCUT2D eigenvalue weighted by molar-refractivity contribution is -0.133. The summed E-state index contributed by atoms with van der Waals surface area (Å²) in [6, 6.07) is 3.90. The third kappa shape index (κ3) is 3.67. The van der Waals surface area contributed by atoms with Crippen molar-refractivity contribution >= 4 is 41.3 Å². The minimum absolute atomic E-state index is 0. The number of hydrogen-bond acceptors (Lipinski definition) is 3. The summed E-state index contributed by atoms with van der Waals surface area (Å²) in [5.41, 5.74) is 0.287. The third-order valence-electron chi connectivity index (χ3n) is 4.72. The van der Waals surface area contributed by atoms with Gasteiger partial charge in [-0.2, -0.15) is 0 Å². The number of hydrogen-bond donors (Lipinski definition) is 1. The van der Waals surface area contributed by atoms with Crippen molar-refractivity contribution in [2.45, 2.75) is 25.8 Å². The van der Waals surface area contributed by atoms with Gasteiger partial charge >= 0.3 is 0 Å². The summed E-state index contributed by atoms with van der Waals surface area (Å²) >= 11 is 7.53. The Morgan fingerprint density at radius 3 is 2.82 bits per heavy atom. The number of nitrogens with zero attached hydrogens (tertiary/aromatic N) is 1. The number of halogens is 2. The third-order valence-corrected chi connectivity index (χ3v) is 5.94. The molecule has 1 aliphatic heterocycles. The first-order chi connectivity index (χ1) is 10.1. The lowest BCUT2D eigenvalue weighted by atomic mass is 9.91. The zero-order valence-electron chi connectivity index (χ0n) is 12.5. The largest absolute Gasteiger partial charge is 0.334 e. The first-order valence-corrected chi connectivity index (χ1v) is 8.69. The van der Waals surface area contributed by atoms with Crippen molar-refractivity contribution in [1.29, 1.82) is 0 Å². The van der Waals surface area contributed by atoms with Gasteiger partial charge in [-0.05, 0) is 49.9 Å². The Morgan fingerprint density at radius 2 is 2.23 bits per heavy atom. The number of amides is 1. The van der Waals surface area contributed by atoms with E-state index in [-0.39, 0.29) is 23.7 Å². The Bertz CT molecular complexity index is 540. The van der Waals surface area contributed by atoms with Crippen LogP contribution in [0.2, 0.25) is 4.34 Å². The molecule has 6 heteroatoms. The molecule has 1 spiro atoms. The van der Waals surface area contributed by atoms with E-state index in [1.807, 2.05) is 23.1 Å². The maximum Gasteiger partial charge on any atom is 0.226 e. The number of thiophene rings is 1. The van der Waals surface area contributed by atoms with E-state index < -0.39 is 0 Å². The van der Waals surface area contributed by atoms with Crippen LogP contribution in [0.15, 0.2) is 24.8 Å². The number of nitrogens with one attached hydrogen (secondary N) is 1. The minimum atomic E-state index is 0. The highest BCUT2D eigenvalue weighted by atomic mass is 35.5. The van der Waals surface area contributed by atoms with E-state index in [0.717, 1.165) is 41.6 Å². The van der Waals surface area contributed by atoms with Crippen LogP contribution in [0.4, 0.5) is 0 Å². The van der Waals surface area contributed by atoms with Crippen LogP contribution in [-0.2, 0) is 11.3 Å². The van der Waals surface area contributed by atoms with Gasteiger partial charge in [-0.15, -0.1) is 30.3 Å². The van der Waals surface area contributed by atoms with E-state index in [0.29, 0.717) is 19.0 Å². The quantitative estimate of drug-likeness (QED) is 0.811. The van der Waals surface area contributed by atoms with Crippen LogP contribution in [0.5, 0.6) is 0 Å². The summed E-state index contributed by atoms with van der Waals surface area (Å²) in [5, 5.41) is 3.38. The monoisotopic (exact) mass is 360 g/mol. The van der Waals surface area contributed by atoms with Crippen LogP contribution in [-0.4, -0.2) is 30.4 Å². The molecule has 1 saturated carbocycles. The fourth-order valence-electron chi connectivity index (χ4n) is 3.41. The van der Waals surface area contributed by atoms with Crippen LogP contribution in [0.1, 0.15) is 24.1 Å². The van der Waals surface area contributed by atoms with Crippen molar-refractivity contribution in [3.05, 3.63) is 34.0 Å². The number of piperidine rings is 1. The van der Waals surface area contributed by atoms with Crippen LogP contribution in [0, 0.1) is 11.3 Å². The molecule has 0 aromatic carbocycles. The second-order valence-corrected chi connectivity index (χ2v) is 7.88. The standard InChI is InChI=1S/C16H21ClN2OS.ClH/c1-2-9-19(11-12-3-4-14(17)21-12)15(20)13-10-16(13)5-7-18-8-6-16;/h2-4,13,18H,1,5-11H2;1H. The van der Waals surface area contributed by atoms with E-state index in [4.69, 9.17) is 11.6 Å². The molecule has 2 fully saturated rings. The topological polar surface area (TPSA) is 32.3 Å². The van der Waals surface area contributed by atoms with Crippen molar-refractivity contribution in [3.8, 4) is 0 Å². The van der Waals surface area contributed by atoms with E-state index in [1.165, 1.54) is 0 Å². The van der Waals surface area contributed by atoms with E-state index >= 15 is 0 Å². The summed E-state index contributed by atoms with van der Waals surface area (Å²) in [6.45, 7) is 7.14. The van der Waals surface area contributed by atoms with Crippen LogP contribution in [0.3, 0.4) is 0 Å². The molecule has 1 N–H and O–H groups in total. The first kappa shape index (κ1) is 17.8. The molecule has 1 atom stereocenters. The highest BCUT2D eigenvalue weighted by Gasteiger charge is 2.58. The molecule has 1 saturated heterocycles. The van der Waals surface area contributed by atoms with Crippen LogP contribution < -0.4 is 5.32 Å². The first-order valence-electron chi connectivity index (χ1n) is 7.49. The molecule has 3 nitrogen and oxygen atoms in total. The lowest BCUT2D eigenvalue weighted by Gasteiger charge is -2.26. The Kier molecular flexibility index (Phi) is 5.94. The zero-order chi connectivity index (χ0) is 14.9. The Hall–Kier alpha value is -0.550. The molecule has 122 valence electrons. The summed E-state index contributed by atoms with van der Waals surface area (Å²) < 4.78 is 0.775. The summed E-state index contributed by atoms with van der Waals surface area (Å²) in [4.78, 5) is 15.9. The summed E-state index contributed by atoms with van der Waals surface area (Å²) in [6.07, 6.45) is 5.14. The molecule has 0 radical (unpaired) electrons. The fraction of sp³-hybridized carbons (Fsp3) is 0.562. The summed E-state index contributed by atoms with van der Waals surface area (Å²) in [7, 11) is 0. The molecule has 1 aliphatic carbocycles. The molecule has 22 heavy (non-hydrogen) atoms. The van der Waals surface area contributed by atoms with Crippen molar-refractivity contribution < 1.29 is 4.79 Å². The number of carbonyl (C=O) groups is 1. The molecule has 1 unspecified atom stereocenters. The van der Waals surface area contributed by atoms with Crippen LogP contribution in [0.25, 0.3) is 0 Å². The lowest BCUT2D eigenvalue weighted by Crippen LogP contribution is -2.36. The van der Waals surface area contributed by atoms with Crippen molar-refractivity contribution in [1.82, 2.24) is 10.2 Å². The minimum Gasteiger partial charge on any atom is -0.334 e. The van der Waals surface area contributed by atoms with E-state index in [2.05, 4.69) is 11.9 Å². The Morgan fingerprint density at radius 1 is 1.50 bits per heavy atom. The number of rotatable bonds is 5. The zero-order valence-corrected chi connectivity index (χ0v) is 14.9. The maximum atomic E-state index is 12.8. The SMILES string of the molecule is C=CCN(Cc1ccc(Cl)s1)C(=O)C1CC12CCNCC2.Cl. The van der Waals surface area contributed by atoms with Gasteiger partial charge in [0, 0.05) is 17.3 Å². The molecule has 1 aromatic heterocycles. The predicted molar refractivity (Wildman–Crippen MR) is 94.8 cm³/mol. The second-order valence-electron chi connectivity index (χ2n) is 6.08. The highest BCUT2D eigenvalue weighted by Crippen LogP contribution is 2.59. The van der Waals surface area contributed by atoms with Gasteiger partial charge in [-0.25, -0.2) is 0 Å². The summed E-state index contributed by atoms with van der Waals surface area (Å²) in [5.74, 6) is 0.510. The number of carbonyl (C=O) groups excluding carboxylic acids is 1. The van der Waals surface area contributed by atoms with Crippen molar-refractivity contribution in [2.24, 2.45) is 11.3 Å². The second kappa shape index (κ2) is 7.35.